The summed E-state index contributed by atoms with van der Waals surface area (Å²) < 4.78 is 24.9. The number of aromatic nitrogens is 3. The maximum absolute atomic E-state index is 12.6. The maximum Gasteiger partial charge on any atom is 0.442 e. The molecule has 0 bridgehead atoms. The van der Waals surface area contributed by atoms with Crippen molar-refractivity contribution in [2.24, 2.45) is 0 Å². The lowest BCUT2D eigenvalue weighted by atomic mass is 10.5. The number of hydrogen-bond acceptors (Lipinski definition) is 4. The van der Waals surface area contributed by atoms with E-state index in [1.807, 2.05) is 0 Å². The summed E-state index contributed by atoms with van der Waals surface area (Å²) in [4.78, 5) is 20.2. The van der Waals surface area contributed by atoms with Crippen molar-refractivity contribution in [3.05, 3.63) is 11.9 Å². The van der Waals surface area contributed by atoms with Crippen LogP contribution in [0.5, 0.6) is 0 Å². The number of carboxylic acid groups (broad SMARTS) is 2. The third-order valence-corrected chi connectivity index (χ3v) is 1.26. The van der Waals surface area contributed by atoms with Crippen molar-refractivity contribution in [1.82, 2.24) is 15.0 Å². The number of aromatic carboxylic acids is 1. The van der Waals surface area contributed by atoms with E-state index in [4.69, 9.17) is 10.2 Å². The van der Waals surface area contributed by atoms with Crippen LogP contribution < -0.4 is 0 Å². The molecule has 2 N–H and O–H groups in total. The fourth-order valence-electron chi connectivity index (χ4n) is 0.597. The van der Waals surface area contributed by atoms with E-state index in [1.54, 1.807) is 0 Å². The molecule has 9 heteroatoms. The summed E-state index contributed by atoms with van der Waals surface area (Å²) in [6, 6.07) is -4.30. The Balaban J connectivity index is 3.09. The minimum atomic E-state index is -4.30. The predicted octanol–water partition coefficient (Wildman–Crippen LogP) is -0.390. The van der Waals surface area contributed by atoms with E-state index >= 15 is 0 Å². The number of aliphatic carboxylic acids is 1. The minimum absolute atomic E-state index is 0.330. The first kappa shape index (κ1) is 10.0. The van der Waals surface area contributed by atoms with Crippen LogP contribution in [-0.2, 0) is 10.8 Å². The van der Waals surface area contributed by atoms with Gasteiger partial charge in [-0.15, -0.1) is 5.10 Å². The average molecular weight is 207 g/mol. The quantitative estimate of drug-likeness (QED) is 0.699. The topological polar surface area (TPSA) is 105 Å². The zero-order valence-corrected chi connectivity index (χ0v) is 6.39. The normalized spacial score (nSPS) is 11.3. The minimum Gasteiger partial charge on any atom is -0.476 e. The van der Waals surface area contributed by atoms with Crippen LogP contribution >= 0.6 is 0 Å². The van der Waals surface area contributed by atoms with E-state index in [0.717, 1.165) is 0 Å². The van der Waals surface area contributed by atoms with Gasteiger partial charge < -0.3 is 10.2 Å². The first-order chi connectivity index (χ1) is 6.35. The summed E-state index contributed by atoms with van der Waals surface area (Å²) >= 11 is 0. The van der Waals surface area contributed by atoms with Crippen LogP contribution in [-0.4, -0.2) is 37.1 Å². The SMILES string of the molecule is O=C(O)c1cn(C(F)(F)C(=O)O)nn1. The molecule has 0 aliphatic carbocycles. The number of carboxylic acids is 2. The van der Waals surface area contributed by atoms with Crippen molar-refractivity contribution in [3.8, 4) is 0 Å². The van der Waals surface area contributed by atoms with Gasteiger partial charge >= 0.3 is 18.0 Å². The van der Waals surface area contributed by atoms with Gasteiger partial charge in [-0.2, -0.15) is 13.5 Å². The van der Waals surface area contributed by atoms with Crippen LogP contribution in [0.25, 0.3) is 0 Å². The summed E-state index contributed by atoms with van der Waals surface area (Å²) in [5.41, 5.74) is -0.758. The first-order valence-electron chi connectivity index (χ1n) is 3.13. The van der Waals surface area contributed by atoms with Gasteiger partial charge in [-0.3, -0.25) is 0 Å². The Hall–Kier alpha value is -2.06. The molecular formula is C5H3F2N3O4. The zero-order chi connectivity index (χ0) is 10.9. The van der Waals surface area contributed by atoms with Crippen LogP contribution in [0.4, 0.5) is 8.78 Å². The second kappa shape index (κ2) is 3.01. The molecule has 0 aliphatic rings. The predicted molar refractivity (Wildman–Crippen MR) is 34.8 cm³/mol. The molecule has 1 heterocycles. The average Bonchev–Trinajstić information content (AvgIpc) is 2.51. The van der Waals surface area contributed by atoms with Crippen LogP contribution in [0.15, 0.2) is 6.20 Å². The fourth-order valence-corrected chi connectivity index (χ4v) is 0.597. The Morgan fingerprint density at radius 3 is 2.36 bits per heavy atom. The van der Waals surface area contributed by atoms with Crippen molar-refractivity contribution < 1.29 is 28.6 Å². The lowest BCUT2D eigenvalue weighted by Crippen LogP contribution is -2.33. The molecule has 0 fully saturated rings. The molecule has 7 nitrogen and oxygen atoms in total. The molecule has 76 valence electrons. The Kier molecular flexibility index (Phi) is 2.16. The highest BCUT2D eigenvalue weighted by atomic mass is 19.3. The van der Waals surface area contributed by atoms with Crippen LogP contribution in [0, 0.1) is 0 Å². The lowest BCUT2D eigenvalue weighted by molar-refractivity contribution is -0.183. The van der Waals surface area contributed by atoms with Gasteiger partial charge in [0.25, 0.3) is 0 Å². The van der Waals surface area contributed by atoms with E-state index in [9.17, 15) is 18.4 Å². The number of halogens is 2. The Bertz CT molecular complexity index is 388. The van der Waals surface area contributed by atoms with Gasteiger partial charge in [0.15, 0.2) is 5.69 Å². The third-order valence-electron chi connectivity index (χ3n) is 1.26. The zero-order valence-electron chi connectivity index (χ0n) is 6.39. The molecule has 0 aromatic carbocycles. The largest absolute Gasteiger partial charge is 0.476 e. The molecule has 0 atom stereocenters. The molecule has 14 heavy (non-hydrogen) atoms. The van der Waals surface area contributed by atoms with Crippen LogP contribution in [0.1, 0.15) is 10.5 Å². The highest BCUT2D eigenvalue weighted by Crippen LogP contribution is 2.19. The first-order valence-corrected chi connectivity index (χ1v) is 3.13. The molecular weight excluding hydrogens is 204 g/mol. The number of alkyl halides is 2. The van der Waals surface area contributed by atoms with Gasteiger partial charge in [-0.1, -0.05) is 5.21 Å². The van der Waals surface area contributed by atoms with E-state index in [2.05, 4.69) is 10.3 Å². The van der Waals surface area contributed by atoms with Crippen LogP contribution in [0.3, 0.4) is 0 Å². The summed E-state index contributed by atoms with van der Waals surface area (Å²) in [7, 11) is 0. The maximum atomic E-state index is 12.6. The van der Waals surface area contributed by atoms with Gasteiger partial charge in [0.2, 0.25) is 0 Å². The number of nitrogens with zero attached hydrogens (tertiary/aromatic N) is 3. The molecule has 0 amide bonds. The van der Waals surface area contributed by atoms with E-state index in [-0.39, 0.29) is 4.68 Å². The molecule has 0 radical (unpaired) electrons. The molecule has 0 saturated carbocycles. The molecule has 0 unspecified atom stereocenters. The van der Waals surface area contributed by atoms with E-state index in [1.165, 1.54) is 0 Å². The summed E-state index contributed by atoms with van der Waals surface area (Å²) in [6.45, 7) is 0. The van der Waals surface area contributed by atoms with Gasteiger partial charge in [0.05, 0.1) is 6.20 Å². The number of hydrogen-bond donors (Lipinski definition) is 2. The standard InChI is InChI=1S/C5H3F2N3O4/c6-5(7,4(13)14)10-1-2(3(11)12)8-9-10/h1H,(H,11,12)(H,13,14). The van der Waals surface area contributed by atoms with Crippen LogP contribution in [0.2, 0.25) is 0 Å². The van der Waals surface area contributed by atoms with Crippen molar-refractivity contribution in [2.45, 2.75) is 6.05 Å². The van der Waals surface area contributed by atoms with Gasteiger partial charge in [-0.25, -0.2) is 9.59 Å². The van der Waals surface area contributed by atoms with Crippen molar-refractivity contribution >= 4 is 11.9 Å². The molecule has 0 spiro atoms. The third kappa shape index (κ3) is 1.51. The monoisotopic (exact) mass is 207 g/mol. The summed E-state index contributed by atoms with van der Waals surface area (Å²) in [5.74, 6) is -4.02. The summed E-state index contributed by atoms with van der Waals surface area (Å²) in [5, 5.41) is 21.9. The van der Waals surface area contributed by atoms with Gasteiger partial charge in [0.1, 0.15) is 0 Å². The Labute approximate surface area is 74.6 Å². The lowest BCUT2D eigenvalue weighted by Gasteiger charge is -2.08. The highest BCUT2D eigenvalue weighted by Gasteiger charge is 2.43. The molecule has 0 aliphatic heterocycles. The summed E-state index contributed by atoms with van der Waals surface area (Å²) in [6.07, 6.45) is 0.330. The second-order valence-electron chi connectivity index (χ2n) is 2.20. The molecule has 1 aromatic rings. The smallest absolute Gasteiger partial charge is 0.442 e. The van der Waals surface area contributed by atoms with E-state index in [0.29, 0.717) is 6.20 Å². The highest BCUT2D eigenvalue weighted by molar-refractivity contribution is 5.84. The van der Waals surface area contributed by atoms with Crippen molar-refractivity contribution in [2.75, 3.05) is 0 Å². The second-order valence-corrected chi connectivity index (χ2v) is 2.20. The fraction of sp³-hybridized carbons (Fsp3) is 0.200. The Morgan fingerprint density at radius 1 is 1.43 bits per heavy atom. The Morgan fingerprint density at radius 2 is 2.00 bits per heavy atom. The number of rotatable bonds is 3. The number of carbonyl (C=O) groups is 2. The molecule has 1 rings (SSSR count). The molecule has 1 aromatic heterocycles. The van der Waals surface area contributed by atoms with E-state index < -0.39 is 23.7 Å². The van der Waals surface area contributed by atoms with Crippen molar-refractivity contribution in [1.29, 1.82) is 0 Å². The molecule has 0 saturated heterocycles. The van der Waals surface area contributed by atoms with Crippen molar-refractivity contribution in [3.63, 3.8) is 0 Å². The van der Waals surface area contributed by atoms with Gasteiger partial charge in [-0.05, 0) is 0 Å². The van der Waals surface area contributed by atoms with Gasteiger partial charge in [0, 0.05) is 0 Å².